The maximum atomic E-state index is 11.5. The summed E-state index contributed by atoms with van der Waals surface area (Å²) in [5.74, 6) is 0.479. The normalized spacial score (nSPS) is 10.5. The van der Waals surface area contributed by atoms with Gasteiger partial charge in [0, 0.05) is 18.8 Å². The van der Waals surface area contributed by atoms with Crippen LogP contribution in [0.2, 0.25) is 0 Å². The minimum absolute atomic E-state index is 0.245. The Kier molecular flexibility index (Phi) is 6.92. The van der Waals surface area contributed by atoms with Gasteiger partial charge in [-0.25, -0.2) is 4.79 Å². The van der Waals surface area contributed by atoms with Gasteiger partial charge in [-0.2, -0.15) is 0 Å². The molecular weight excluding hydrogens is 244 g/mol. The highest BCUT2D eigenvalue weighted by molar-refractivity contribution is 5.84. The number of hydrogen-bond donors (Lipinski definition) is 2. The van der Waals surface area contributed by atoms with E-state index in [0.717, 1.165) is 5.56 Å². The zero-order valence-corrected chi connectivity index (χ0v) is 11.5. The first-order chi connectivity index (χ1) is 9.11. The van der Waals surface area contributed by atoms with Crippen LogP contribution >= 0.6 is 0 Å². The van der Waals surface area contributed by atoms with Gasteiger partial charge in [0.15, 0.2) is 0 Å². The van der Waals surface area contributed by atoms with E-state index >= 15 is 0 Å². The minimum atomic E-state index is -0.484. The van der Waals surface area contributed by atoms with Crippen LogP contribution in [0.15, 0.2) is 24.3 Å². The standard InChI is InChI=1S/C14H22N2O3/c1-11(2)10-18-6-7-19-14(17)16-13-5-3-4-12(8-13)9-15/h3-5,8,11H,6-7,9-10,15H2,1-2H3,(H,16,17). The van der Waals surface area contributed by atoms with Gasteiger partial charge in [0.1, 0.15) is 6.61 Å². The van der Waals surface area contributed by atoms with Crippen LogP contribution < -0.4 is 11.1 Å². The van der Waals surface area contributed by atoms with Gasteiger partial charge in [-0.1, -0.05) is 26.0 Å². The summed E-state index contributed by atoms with van der Waals surface area (Å²) in [7, 11) is 0. The van der Waals surface area contributed by atoms with Crippen LogP contribution in [0.5, 0.6) is 0 Å². The second-order valence-electron chi connectivity index (χ2n) is 4.63. The molecule has 0 aliphatic rings. The molecule has 1 rings (SSSR count). The Morgan fingerprint density at radius 2 is 2.16 bits per heavy atom. The van der Waals surface area contributed by atoms with Crippen molar-refractivity contribution in [1.82, 2.24) is 0 Å². The zero-order valence-electron chi connectivity index (χ0n) is 11.5. The van der Waals surface area contributed by atoms with Crippen molar-refractivity contribution in [3.63, 3.8) is 0 Å². The summed E-state index contributed by atoms with van der Waals surface area (Å²) in [5, 5.41) is 2.64. The van der Waals surface area contributed by atoms with Crippen LogP contribution in [0.3, 0.4) is 0 Å². The monoisotopic (exact) mass is 266 g/mol. The first kappa shape index (κ1) is 15.5. The molecule has 0 saturated carbocycles. The molecule has 0 radical (unpaired) electrons. The Bertz CT molecular complexity index is 394. The van der Waals surface area contributed by atoms with Gasteiger partial charge >= 0.3 is 6.09 Å². The molecule has 0 saturated heterocycles. The maximum Gasteiger partial charge on any atom is 0.411 e. The number of ether oxygens (including phenoxy) is 2. The second kappa shape index (κ2) is 8.50. The molecule has 19 heavy (non-hydrogen) atoms. The van der Waals surface area contributed by atoms with Gasteiger partial charge in [0.05, 0.1) is 6.61 Å². The summed E-state index contributed by atoms with van der Waals surface area (Å²) in [4.78, 5) is 11.5. The molecule has 0 aromatic heterocycles. The Morgan fingerprint density at radius 1 is 1.37 bits per heavy atom. The fourth-order valence-corrected chi connectivity index (χ4v) is 1.44. The molecule has 0 aliphatic heterocycles. The van der Waals surface area contributed by atoms with E-state index in [9.17, 15) is 4.79 Å². The highest BCUT2D eigenvalue weighted by atomic mass is 16.6. The van der Waals surface area contributed by atoms with Crippen LogP contribution in [0.1, 0.15) is 19.4 Å². The number of rotatable bonds is 7. The van der Waals surface area contributed by atoms with E-state index in [0.29, 0.717) is 31.4 Å². The van der Waals surface area contributed by atoms with Crippen molar-refractivity contribution in [2.45, 2.75) is 20.4 Å². The zero-order chi connectivity index (χ0) is 14.1. The molecule has 5 nitrogen and oxygen atoms in total. The average Bonchev–Trinajstić information content (AvgIpc) is 2.38. The van der Waals surface area contributed by atoms with Gasteiger partial charge in [-0.05, 0) is 23.6 Å². The van der Waals surface area contributed by atoms with Crippen LogP contribution in [0, 0.1) is 5.92 Å². The molecule has 3 N–H and O–H groups in total. The number of nitrogens with two attached hydrogens (primary N) is 1. The Balaban J connectivity index is 2.23. The summed E-state index contributed by atoms with van der Waals surface area (Å²) in [5.41, 5.74) is 7.16. The van der Waals surface area contributed by atoms with Crippen molar-refractivity contribution < 1.29 is 14.3 Å². The summed E-state index contributed by atoms with van der Waals surface area (Å²) in [6, 6.07) is 7.34. The van der Waals surface area contributed by atoms with Gasteiger partial charge in [0.2, 0.25) is 0 Å². The predicted octanol–water partition coefficient (Wildman–Crippen LogP) is 2.37. The van der Waals surface area contributed by atoms with E-state index in [1.54, 1.807) is 6.07 Å². The van der Waals surface area contributed by atoms with Crippen molar-refractivity contribution in [3.8, 4) is 0 Å². The molecule has 0 heterocycles. The number of amides is 1. The Hall–Kier alpha value is -1.59. The summed E-state index contributed by atoms with van der Waals surface area (Å²) in [6.07, 6.45) is -0.484. The third-order valence-corrected chi connectivity index (χ3v) is 2.32. The summed E-state index contributed by atoms with van der Waals surface area (Å²) >= 11 is 0. The summed E-state index contributed by atoms with van der Waals surface area (Å²) in [6.45, 7) is 5.90. The highest BCUT2D eigenvalue weighted by Crippen LogP contribution is 2.10. The van der Waals surface area contributed by atoms with Gasteiger partial charge in [-0.3, -0.25) is 5.32 Å². The Morgan fingerprint density at radius 3 is 2.84 bits per heavy atom. The molecule has 0 bridgehead atoms. The molecule has 0 unspecified atom stereocenters. The second-order valence-corrected chi connectivity index (χ2v) is 4.63. The number of carbonyl (C=O) groups is 1. The molecule has 0 spiro atoms. The number of benzene rings is 1. The van der Waals surface area contributed by atoms with E-state index in [4.69, 9.17) is 15.2 Å². The van der Waals surface area contributed by atoms with E-state index in [-0.39, 0.29) is 6.61 Å². The maximum absolute atomic E-state index is 11.5. The van der Waals surface area contributed by atoms with Gasteiger partial charge in [0.25, 0.3) is 0 Å². The van der Waals surface area contributed by atoms with Crippen molar-refractivity contribution in [2.24, 2.45) is 11.7 Å². The van der Waals surface area contributed by atoms with E-state index in [1.807, 2.05) is 18.2 Å². The Labute approximate surface area is 114 Å². The van der Waals surface area contributed by atoms with Crippen LogP contribution in [-0.4, -0.2) is 25.9 Å². The first-order valence-electron chi connectivity index (χ1n) is 6.42. The average molecular weight is 266 g/mol. The van der Waals surface area contributed by atoms with Crippen LogP contribution in [0.4, 0.5) is 10.5 Å². The molecule has 0 fully saturated rings. The molecule has 0 atom stereocenters. The molecule has 0 aliphatic carbocycles. The van der Waals surface area contributed by atoms with E-state index < -0.39 is 6.09 Å². The third kappa shape index (κ3) is 6.79. The number of anilines is 1. The predicted molar refractivity (Wildman–Crippen MR) is 75.0 cm³/mol. The fourth-order valence-electron chi connectivity index (χ4n) is 1.44. The van der Waals surface area contributed by atoms with E-state index in [1.165, 1.54) is 0 Å². The first-order valence-corrected chi connectivity index (χ1v) is 6.42. The SMILES string of the molecule is CC(C)COCCOC(=O)Nc1cccc(CN)c1. The highest BCUT2D eigenvalue weighted by Gasteiger charge is 2.03. The van der Waals surface area contributed by atoms with Gasteiger partial charge in [-0.15, -0.1) is 0 Å². The lowest BCUT2D eigenvalue weighted by molar-refractivity contribution is 0.0650. The number of carbonyl (C=O) groups excluding carboxylic acids is 1. The van der Waals surface area contributed by atoms with Crippen molar-refractivity contribution in [2.75, 3.05) is 25.1 Å². The summed E-state index contributed by atoms with van der Waals surface area (Å²) < 4.78 is 10.3. The fraction of sp³-hybridized carbons (Fsp3) is 0.500. The number of hydrogen-bond acceptors (Lipinski definition) is 4. The molecule has 1 amide bonds. The van der Waals surface area contributed by atoms with Crippen molar-refractivity contribution in [3.05, 3.63) is 29.8 Å². The van der Waals surface area contributed by atoms with Crippen molar-refractivity contribution in [1.29, 1.82) is 0 Å². The van der Waals surface area contributed by atoms with Crippen molar-refractivity contribution >= 4 is 11.8 Å². The largest absolute Gasteiger partial charge is 0.447 e. The molecule has 1 aromatic carbocycles. The van der Waals surface area contributed by atoms with Crippen LogP contribution in [-0.2, 0) is 16.0 Å². The lowest BCUT2D eigenvalue weighted by atomic mass is 10.2. The van der Waals surface area contributed by atoms with Gasteiger partial charge < -0.3 is 15.2 Å². The topological polar surface area (TPSA) is 73.6 Å². The molecule has 5 heteroatoms. The lowest BCUT2D eigenvalue weighted by Crippen LogP contribution is -2.17. The lowest BCUT2D eigenvalue weighted by Gasteiger charge is -2.09. The smallest absolute Gasteiger partial charge is 0.411 e. The van der Waals surface area contributed by atoms with Crippen LogP contribution in [0.25, 0.3) is 0 Å². The minimum Gasteiger partial charge on any atom is -0.447 e. The molecule has 106 valence electrons. The molecule has 1 aromatic rings. The quantitative estimate of drug-likeness (QED) is 0.743. The van der Waals surface area contributed by atoms with E-state index in [2.05, 4.69) is 19.2 Å². The molecular formula is C14H22N2O3. The number of nitrogens with one attached hydrogen (secondary N) is 1. The third-order valence-electron chi connectivity index (χ3n) is 2.32.